The van der Waals surface area contributed by atoms with E-state index in [0.717, 1.165) is 32.4 Å². The van der Waals surface area contributed by atoms with E-state index in [-0.39, 0.29) is 54.1 Å². The summed E-state index contributed by atoms with van der Waals surface area (Å²) in [5.41, 5.74) is 6.61. The summed E-state index contributed by atoms with van der Waals surface area (Å²) in [6.07, 6.45) is 3.48. The molecule has 0 spiro atoms. The first-order valence-corrected chi connectivity index (χ1v) is 11.1. The molecule has 2 aliphatic rings. The van der Waals surface area contributed by atoms with Gasteiger partial charge in [0.1, 0.15) is 0 Å². The summed E-state index contributed by atoms with van der Waals surface area (Å²) in [7, 11) is -1.57. The van der Waals surface area contributed by atoms with Crippen molar-refractivity contribution in [2.45, 2.75) is 43.2 Å². The molecule has 7 nitrogen and oxygen atoms in total. The van der Waals surface area contributed by atoms with Gasteiger partial charge in [0.15, 0.2) is 0 Å². The maximum Gasteiger partial charge on any atom is 0.243 e. The van der Waals surface area contributed by atoms with Crippen LogP contribution in [0.25, 0.3) is 0 Å². The second-order valence-corrected chi connectivity index (χ2v) is 9.56. The first-order chi connectivity index (χ1) is 12.9. The highest BCUT2D eigenvalue weighted by molar-refractivity contribution is 7.89. The zero-order chi connectivity index (χ0) is 19.4. The molecule has 2 unspecified atom stereocenters. The lowest BCUT2D eigenvalue weighted by molar-refractivity contribution is -0.126. The van der Waals surface area contributed by atoms with Crippen molar-refractivity contribution in [1.82, 2.24) is 14.5 Å². The number of piperazine rings is 1. The van der Waals surface area contributed by atoms with Crippen LogP contribution in [-0.2, 0) is 21.4 Å². The number of nitrogens with zero attached hydrogens (tertiary/aromatic N) is 2. The Balaban J connectivity index is 0.00000210. The summed E-state index contributed by atoms with van der Waals surface area (Å²) in [5.74, 6) is -0.105. The predicted octanol–water partition coefficient (Wildman–Crippen LogP) is 1.60. The number of benzene rings is 1. The average Bonchev–Trinajstić information content (AvgIpc) is 2.66. The number of nitrogens with two attached hydrogens (primary N) is 1. The number of carbonyl (C=O) groups excluding carboxylic acids is 1. The number of sulfonamides is 1. The maximum absolute atomic E-state index is 13.1. The van der Waals surface area contributed by atoms with E-state index in [1.54, 1.807) is 24.3 Å². The van der Waals surface area contributed by atoms with E-state index in [0.29, 0.717) is 25.1 Å². The smallest absolute Gasteiger partial charge is 0.243 e. The molecule has 2 atom stereocenters. The van der Waals surface area contributed by atoms with Crippen molar-refractivity contribution < 1.29 is 13.2 Å². The van der Waals surface area contributed by atoms with Gasteiger partial charge in [-0.2, -0.15) is 4.31 Å². The summed E-state index contributed by atoms with van der Waals surface area (Å²) >= 11 is 0. The van der Waals surface area contributed by atoms with Gasteiger partial charge in [-0.05, 0) is 37.9 Å². The van der Waals surface area contributed by atoms with Gasteiger partial charge in [0.05, 0.1) is 4.90 Å². The van der Waals surface area contributed by atoms with Gasteiger partial charge >= 0.3 is 0 Å². The van der Waals surface area contributed by atoms with Crippen LogP contribution in [0.3, 0.4) is 0 Å². The molecule has 1 aliphatic carbocycles. The third-order valence-electron chi connectivity index (χ3n) is 5.59. The molecular formula is C19H32Cl2N4O3S. The lowest BCUT2D eigenvalue weighted by atomic mass is 9.85. The first-order valence-electron chi connectivity index (χ1n) is 9.68. The SMILES string of the molecule is CN1CCN(S(=O)(=O)c2ccccc2CNC(=O)C2CCCC(N)C2)CC1.Cl.Cl. The number of hydrogen-bond acceptors (Lipinski definition) is 5. The third-order valence-corrected chi connectivity index (χ3v) is 7.59. The fourth-order valence-electron chi connectivity index (χ4n) is 3.86. The first kappa shape index (κ1) is 26.1. The fourth-order valence-corrected chi connectivity index (χ4v) is 5.51. The Labute approximate surface area is 186 Å². The Morgan fingerprint density at radius 2 is 1.79 bits per heavy atom. The summed E-state index contributed by atoms with van der Waals surface area (Å²) in [6.45, 7) is 2.63. The summed E-state index contributed by atoms with van der Waals surface area (Å²) in [6, 6.07) is 7.02. The normalized spacial score (nSPS) is 23.5. The third kappa shape index (κ3) is 6.54. The highest BCUT2D eigenvalue weighted by atomic mass is 35.5. The van der Waals surface area contributed by atoms with Crippen molar-refractivity contribution in [3.05, 3.63) is 29.8 Å². The molecule has 166 valence electrons. The van der Waals surface area contributed by atoms with Crippen molar-refractivity contribution in [3.63, 3.8) is 0 Å². The Kier molecular flexibility index (Phi) is 10.3. The number of carbonyl (C=O) groups is 1. The standard InChI is InChI=1S/C19H30N4O3S.2ClH/c1-22-9-11-23(12-10-22)27(25,26)18-8-3-2-5-16(18)14-21-19(24)15-6-4-7-17(20)13-15;;/h2-3,5,8,15,17H,4,6-7,9-14,20H2,1H3,(H,21,24);2*1H. The summed E-state index contributed by atoms with van der Waals surface area (Å²) in [4.78, 5) is 14.9. The highest BCUT2D eigenvalue weighted by Gasteiger charge is 2.30. The van der Waals surface area contributed by atoms with E-state index in [1.807, 2.05) is 7.05 Å². The fraction of sp³-hybridized carbons (Fsp3) is 0.632. The lowest BCUT2D eigenvalue weighted by Crippen LogP contribution is -2.47. The van der Waals surface area contributed by atoms with Crippen LogP contribution in [0.1, 0.15) is 31.2 Å². The molecule has 0 aromatic heterocycles. The van der Waals surface area contributed by atoms with Crippen molar-refractivity contribution in [2.75, 3.05) is 33.2 Å². The molecule has 1 saturated heterocycles. The van der Waals surface area contributed by atoms with E-state index in [1.165, 1.54) is 4.31 Å². The maximum atomic E-state index is 13.1. The molecule has 3 rings (SSSR count). The van der Waals surface area contributed by atoms with Gasteiger partial charge in [-0.15, -0.1) is 24.8 Å². The van der Waals surface area contributed by atoms with Crippen LogP contribution in [0, 0.1) is 5.92 Å². The molecule has 2 fully saturated rings. The van der Waals surface area contributed by atoms with E-state index in [4.69, 9.17) is 5.73 Å². The summed E-state index contributed by atoms with van der Waals surface area (Å²) in [5, 5.41) is 2.93. The van der Waals surface area contributed by atoms with Crippen LogP contribution in [0.15, 0.2) is 29.2 Å². The van der Waals surface area contributed by atoms with Gasteiger partial charge in [0, 0.05) is 44.7 Å². The van der Waals surface area contributed by atoms with E-state index in [2.05, 4.69) is 10.2 Å². The Morgan fingerprint density at radius 1 is 1.14 bits per heavy atom. The van der Waals surface area contributed by atoms with Crippen LogP contribution in [0.4, 0.5) is 0 Å². The van der Waals surface area contributed by atoms with Gasteiger partial charge < -0.3 is 16.0 Å². The Morgan fingerprint density at radius 3 is 2.45 bits per heavy atom. The molecule has 1 aromatic rings. The van der Waals surface area contributed by atoms with Crippen LogP contribution < -0.4 is 11.1 Å². The number of amides is 1. The minimum absolute atomic E-state index is 0. The molecule has 10 heteroatoms. The van der Waals surface area contributed by atoms with Gasteiger partial charge in [-0.1, -0.05) is 24.6 Å². The zero-order valence-corrected chi connectivity index (χ0v) is 19.2. The minimum Gasteiger partial charge on any atom is -0.352 e. The minimum atomic E-state index is -3.56. The monoisotopic (exact) mass is 466 g/mol. The Bertz CT molecular complexity index is 770. The van der Waals surface area contributed by atoms with Gasteiger partial charge in [-0.25, -0.2) is 8.42 Å². The molecular weight excluding hydrogens is 435 g/mol. The van der Waals surface area contributed by atoms with Crippen molar-refractivity contribution in [1.29, 1.82) is 0 Å². The Hall–Kier alpha value is -0.900. The van der Waals surface area contributed by atoms with E-state index >= 15 is 0 Å². The summed E-state index contributed by atoms with van der Waals surface area (Å²) < 4.78 is 27.7. The van der Waals surface area contributed by atoms with E-state index < -0.39 is 10.0 Å². The molecule has 0 radical (unpaired) electrons. The van der Waals surface area contributed by atoms with Gasteiger partial charge in [-0.3, -0.25) is 4.79 Å². The topological polar surface area (TPSA) is 95.7 Å². The van der Waals surface area contributed by atoms with Crippen LogP contribution in [-0.4, -0.2) is 62.8 Å². The number of likely N-dealkylation sites (N-methyl/N-ethyl adjacent to an activating group) is 1. The largest absolute Gasteiger partial charge is 0.352 e. The lowest BCUT2D eigenvalue weighted by Gasteiger charge is -2.32. The predicted molar refractivity (Wildman–Crippen MR) is 119 cm³/mol. The number of rotatable bonds is 5. The number of nitrogens with one attached hydrogen (secondary N) is 1. The van der Waals surface area contributed by atoms with Crippen LogP contribution in [0.2, 0.25) is 0 Å². The molecule has 1 aromatic carbocycles. The average molecular weight is 467 g/mol. The van der Waals surface area contributed by atoms with Crippen LogP contribution >= 0.6 is 24.8 Å². The highest BCUT2D eigenvalue weighted by Crippen LogP contribution is 2.24. The van der Waals surface area contributed by atoms with Crippen LogP contribution in [0.5, 0.6) is 0 Å². The molecule has 0 bridgehead atoms. The van der Waals surface area contributed by atoms with Gasteiger partial charge in [0.25, 0.3) is 0 Å². The van der Waals surface area contributed by atoms with E-state index in [9.17, 15) is 13.2 Å². The quantitative estimate of drug-likeness (QED) is 0.686. The molecule has 3 N–H and O–H groups in total. The van der Waals surface area contributed by atoms with Gasteiger partial charge in [0.2, 0.25) is 15.9 Å². The molecule has 1 aliphatic heterocycles. The molecule has 1 heterocycles. The number of hydrogen-bond donors (Lipinski definition) is 2. The molecule has 29 heavy (non-hydrogen) atoms. The second kappa shape index (κ2) is 11.5. The molecule has 1 amide bonds. The van der Waals surface area contributed by atoms with Crippen molar-refractivity contribution in [2.24, 2.45) is 11.7 Å². The number of halogens is 2. The zero-order valence-electron chi connectivity index (χ0n) is 16.7. The van der Waals surface area contributed by atoms with Crippen molar-refractivity contribution >= 4 is 40.7 Å². The molecule has 1 saturated carbocycles. The van der Waals surface area contributed by atoms with Crippen molar-refractivity contribution in [3.8, 4) is 0 Å². The second-order valence-electron chi connectivity index (χ2n) is 7.66.